The van der Waals surface area contributed by atoms with Crippen molar-refractivity contribution in [3.8, 4) is 0 Å². The number of methoxy groups -OCH3 is 2. The lowest BCUT2D eigenvalue weighted by Gasteiger charge is -2.63. The van der Waals surface area contributed by atoms with Gasteiger partial charge in [-0.05, 0) is 30.8 Å². The fraction of sp³-hybridized carbons (Fsp3) is 0.667. The number of hydrogen-bond donors (Lipinski definition) is 0. The first-order valence-electron chi connectivity index (χ1n) is 9.94. The minimum atomic E-state index is -0.107. The molecule has 2 bridgehead atoms. The van der Waals surface area contributed by atoms with Crippen molar-refractivity contribution in [2.24, 2.45) is 17.3 Å². The van der Waals surface area contributed by atoms with E-state index in [1.165, 1.54) is 24.1 Å². The van der Waals surface area contributed by atoms with Crippen LogP contribution >= 0.6 is 0 Å². The SMILES string of the molecule is COC1=C(OC)CC2=C(C1)[C@@H]1CCN3CC=C[C@@]45CC[C@H]1[C@@]34N2C(=O)C5. The topological polar surface area (TPSA) is 42.0 Å². The van der Waals surface area contributed by atoms with E-state index in [4.69, 9.17) is 9.47 Å². The molecule has 1 saturated carbocycles. The standard InChI is InChI=1S/C21H26N2O3/c1-25-17-10-14-13-5-9-22-8-3-6-20-7-4-15(13)21(20,22)23(19(24)12-20)16(14)11-18(17)26-2/h3,6,13,15H,4-5,7-12H2,1-2H3/t13-,15+,20-,21-/m0/s1. The van der Waals surface area contributed by atoms with Crippen LogP contribution in [0.1, 0.15) is 38.5 Å². The third-order valence-corrected chi connectivity index (χ3v) is 8.22. The number of amides is 1. The van der Waals surface area contributed by atoms with E-state index in [1.807, 2.05) is 0 Å². The van der Waals surface area contributed by atoms with Crippen LogP contribution in [0.25, 0.3) is 0 Å². The van der Waals surface area contributed by atoms with Crippen LogP contribution in [-0.2, 0) is 14.3 Å². The molecule has 5 nitrogen and oxygen atoms in total. The molecule has 26 heavy (non-hydrogen) atoms. The Balaban J connectivity index is 1.58. The molecule has 0 aromatic heterocycles. The number of ether oxygens (including phenoxy) is 2. The summed E-state index contributed by atoms with van der Waals surface area (Å²) in [5, 5.41) is 0. The van der Waals surface area contributed by atoms with Gasteiger partial charge in [-0.1, -0.05) is 12.2 Å². The van der Waals surface area contributed by atoms with Gasteiger partial charge in [0, 0.05) is 49.4 Å². The van der Waals surface area contributed by atoms with Crippen molar-refractivity contribution >= 4 is 5.91 Å². The summed E-state index contributed by atoms with van der Waals surface area (Å²) in [6, 6.07) is 0. The van der Waals surface area contributed by atoms with Gasteiger partial charge in [0.15, 0.2) is 0 Å². The number of rotatable bonds is 2. The Morgan fingerprint density at radius 3 is 2.77 bits per heavy atom. The summed E-state index contributed by atoms with van der Waals surface area (Å²) in [5.41, 5.74) is 2.60. The van der Waals surface area contributed by atoms with E-state index >= 15 is 0 Å². The highest BCUT2D eigenvalue weighted by Gasteiger charge is 2.76. The minimum Gasteiger partial charge on any atom is -0.497 e. The van der Waals surface area contributed by atoms with Gasteiger partial charge in [-0.3, -0.25) is 14.6 Å². The average molecular weight is 354 g/mol. The average Bonchev–Trinajstić information content (AvgIpc) is 3.12. The van der Waals surface area contributed by atoms with Crippen LogP contribution < -0.4 is 0 Å². The van der Waals surface area contributed by atoms with Gasteiger partial charge in [0.2, 0.25) is 5.91 Å². The molecule has 5 heteroatoms. The quantitative estimate of drug-likeness (QED) is 0.715. The van der Waals surface area contributed by atoms with Crippen molar-refractivity contribution < 1.29 is 14.3 Å². The van der Waals surface area contributed by atoms with E-state index in [9.17, 15) is 4.79 Å². The number of carbonyl (C=O) groups is 1. The van der Waals surface area contributed by atoms with Gasteiger partial charge in [0.05, 0.1) is 14.2 Å². The van der Waals surface area contributed by atoms with E-state index < -0.39 is 0 Å². The maximum Gasteiger partial charge on any atom is 0.229 e. The predicted octanol–water partition coefficient (Wildman–Crippen LogP) is 2.77. The van der Waals surface area contributed by atoms with Crippen LogP contribution in [0.4, 0.5) is 0 Å². The lowest BCUT2D eigenvalue weighted by Crippen LogP contribution is -2.72. The van der Waals surface area contributed by atoms with Crippen LogP contribution in [0.5, 0.6) is 0 Å². The van der Waals surface area contributed by atoms with Crippen molar-refractivity contribution in [3.63, 3.8) is 0 Å². The second-order valence-corrected chi connectivity index (χ2v) is 8.76. The molecular formula is C21H26N2O3. The molecule has 138 valence electrons. The van der Waals surface area contributed by atoms with E-state index in [2.05, 4.69) is 22.0 Å². The zero-order valence-corrected chi connectivity index (χ0v) is 15.6. The van der Waals surface area contributed by atoms with Crippen molar-refractivity contribution in [1.82, 2.24) is 9.80 Å². The monoisotopic (exact) mass is 354 g/mol. The molecule has 6 aliphatic rings. The molecule has 6 rings (SSSR count). The Bertz CT molecular complexity index is 812. The first-order chi connectivity index (χ1) is 12.7. The largest absolute Gasteiger partial charge is 0.497 e. The van der Waals surface area contributed by atoms with Crippen molar-refractivity contribution in [3.05, 3.63) is 34.9 Å². The second-order valence-electron chi connectivity index (χ2n) is 8.76. The highest BCUT2D eigenvalue weighted by Crippen LogP contribution is 2.71. The summed E-state index contributed by atoms with van der Waals surface area (Å²) in [7, 11) is 3.45. The van der Waals surface area contributed by atoms with Crippen molar-refractivity contribution in [2.45, 2.75) is 44.2 Å². The molecule has 2 saturated heterocycles. The van der Waals surface area contributed by atoms with E-state index in [0.717, 1.165) is 37.4 Å². The highest BCUT2D eigenvalue weighted by molar-refractivity contribution is 5.85. The molecule has 0 aromatic rings. The van der Waals surface area contributed by atoms with Crippen LogP contribution in [0.15, 0.2) is 34.9 Å². The number of hydrogen-bond acceptors (Lipinski definition) is 4. The van der Waals surface area contributed by atoms with Gasteiger partial charge in [-0.2, -0.15) is 0 Å². The Kier molecular flexibility index (Phi) is 2.80. The normalized spacial score (nSPS) is 43.0. The molecule has 1 spiro atoms. The number of allylic oxidation sites excluding steroid dienone is 1. The third-order valence-electron chi connectivity index (χ3n) is 8.22. The fourth-order valence-corrected chi connectivity index (χ4v) is 7.50. The maximum absolute atomic E-state index is 13.4. The van der Waals surface area contributed by atoms with Gasteiger partial charge in [0.25, 0.3) is 0 Å². The zero-order chi connectivity index (χ0) is 17.7. The molecule has 2 aliphatic carbocycles. The Morgan fingerprint density at radius 1 is 1.15 bits per heavy atom. The van der Waals surface area contributed by atoms with Crippen LogP contribution in [0, 0.1) is 17.3 Å². The van der Waals surface area contributed by atoms with Gasteiger partial charge in [-0.25, -0.2) is 0 Å². The lowest BCUT2D eigenvalue weighted by atomic mass is 9.62. The van der Waals surface area contributed by atoms with Crippen LogP contribution in [0.2, 0.25) is 0 Å². The van der Waals surface area contributed by atoms with E-state index in [0.29, 0.717) is 30.6 Å². The van der Waals surface area contributed by atoms with E-state index in [1.54, 1.807) is 14.2 Å². The molecule has 3 fully saturated rings. The summed E-state index contributed by atoms with van der Waals surface area (Å²) in [6.45, 7) is 2.07. The lowest BCUT2D eigenvalue weighted by molar-refractivity contribution is -0.158. The Morgan fingerprint density at radius 2 is 1.96 bits per heavy atom. The summed E-state index contributed by atoms with van der Waals surface area (Å²) < 4.78 is 11.3. The second kappa shape index (κ2) is 4.75. The summed E-state index contributed by atoms with van der Waals surface area (Å²) >= 11 is 0. The van der Waals surface area contributed by atoms with Crippen molar-refractivity contribution in [1.29, 1.82) is 0 Å². The zero-order valence-electron chi connectivity index (χ0n) is 15.6. The maximum atomic E-state index is 13.4. The summed E-state index contributed by atoms with van der Waals surface area (Å²) in [4.78, 5) is 18.3. The first kappa shape index (κ1) is 15.3. The van der Waals surface area contributed by atoms with Crippen molar-refractivity contribution in [2.75, 3.05) is 27.3 Å². The van der Waals surface area contributed by atoms with Crippen LogP contribution in [0.3, 0.4) is 0 Å². The number of fused-ring (bicyclic) bond motifs is 2. The first-order valence-corrected chi connectivity index (χ1v) is 9.94. The molecule has 4 atom stereocenters. The molecule has 0 unspecified atom stereocenters. The molecule has 1 amide bonds. The predicted molar refractivity (Wildman–Crippen MR) is 95.5 cm³/mol. The van der Waals surface area contributed by atoms with Gasteiger partial charge in [-0.15, -0.1) is 0 Å². The number of piperidine rings is 1. The fourth-order valence-electron chi connectivity index (χ4n) is 7.50. The summed E-state index contributed by atoms with van der Waals surface area (Å²) in [6.07, 6.45) is 10.5. The minimum absolute atomic E-state index is 0.0166. The third kappa shape index (κ3) is 1.42. The molecule has 4 heterocycles. The van der Waals surface area contributed by atoms with Gasteiger partial charge < -0.3 is 9.47 Å². The van der Waals surface area contributed by atoms with Gasteiger partial charge in [0.1, 0.15) is 17.2 Å². The van der Waals surface area contributed by atoms with Gasteiger partial charge >= 0.3 is 0 Å². The Hall–Kier alpha value is -1.75. The summed E-state index contributed by atoms with van der Waals surface area (Å²) in [5.74, 6) is 3.30. The number of nitrogens with zero attached hydrogens (tertiary/aromatic N) is 2. The molecule has 0 radical (unpaired) electrons. The highest BCUT2D eigenvalue weighted by atomic mass is 16.5. The van der Waals surface area contributed by atoms with E-state index in [-0.39, 0.29) is 11.1 Å². The van der Waals surface area contributed by atoms with Crippen LogP contribution in [-0.4, -0.2) is 48.7 Å². The molecule has 0 aromatic carbocycles. The molecule has 4 aliphatic heterocycles. The smallest absolute Gasteiger partial charge is 0.229 e. The Labute approximate surface area is 154 Å². The number of carbonyl (C=O) groups excluding carboxylic acids is 1. The molecule has 0 N–H and O–H groups in total. The molecular weight excluding hydrogens is 328 g/mol.